The highest BCUT2D eigenvalue weighted by Crippen LogP contribution is 2.47. The van der Waals surface area contributed by atoms with Crippen LogP contribution in [-0.2, 0) is 10.2 Å². The summed E-state index contributed by atoms with van der Waals surface area (Å²) >= 11 is 3.46. The Morgan fingerprint density at radius 3 is 2.62 bits per heavy atom. The number of hydrogen-bond donors (Lipinski definition) is 1. The normalized spacial score (nSPS) is 19.4. The monoisotopic (exact) mass is 494 g/mol. The predicted molar refractivity (Wildman–Crippen MR) is 122 cm³/mol. The Balaban J connectivity index is 1.98. The van der Waals surface area contributed by atoms with Crippen molar-refractivity contribution in [1.82, 2.24) is 35.2 Å². The summed E-state index contributed by atoms with van der Waals surface area (Å²) in [4.78, 5) is 25.9. The van der Waals surface area contributed by atoms with E-state index in [1.807, 2.05) is 26.0 Å². The molecule has 4 rings (SSSR count). The number of rotatable bonds is 6. The third kappa shape index (κ3) is 3.97. The fourth-order valence-electron chi connectivity index (χ4n) is 4.03. The van der Waals surface area contributed by atoms with Gasteiger partial charge in [-0.3, -0.25) is 19.7 Å². The molecule has 32 heavy (non-hydrogen) atoms. The van der Waals surface area contributed by atoms with E-state index in [9.17, 15) is 4.79 Å². The number of primary amides is 1. The first kappa shape index (κ1) is 21.9. The van der Waals surface area contributed by atoms with E-state index in [0.717, 1.165) is 15.9 Å². The first-order valence-electron chi connectivity index (χ1n) is 10.2. The number of nitrogens with zero attached hydrogens (tertiary/aromatic N) is 7. The number of tetrazole rings is 1. The lowest BCUT2D eigenvalue weighted by Crippen LogP contribution is -2.37. The van der Waals surface area contributed by atoms with Gasteiger partial charge in [0.2, 0.25) is 5.91 Å². The average Bonchev–Trinajstić information content (AvgIpc) is 3.30. The van der Waals surface area contributed by atoms with Gasteiger partial charge in [0.25, 0.3) is 0 Å². The zero-order valence-electron chi connectivity index (χ0n) is 18.0. The number of hydrogen-bond acceptors (Lipinski definition) is 7. The SMILES string of the molecule is CC(C)c1nnnn1C1=CC(c2ccc(Br)cn2)(C(C)c2cnccn2)CC(C(N)=O)=C1. The molecule has 0 bridgehead atoms. The molecule has 3 aromatic rings. The third-order valence-corrected chi connectivity index (χ3v) is 6.25. The molecule has 0 aromatic carbocycles. The molecule has 2 unspecified atom stereocenters. The molecule has 1 aliphatic carbocycles. The fraction of sp³-hybridized carbons (Fsp3) is 0.318. The minimum absolute atomic E-state index is 0.0795. The molecule has 2 atom stereocenters. The van der Waals surface area contributed by atoms with Crippen molar-refractivity contribution in [2.75, 3.05) is 0 Å². The second kappa shape index (κ2) is 8.70. The van der Waals surface area contributed by atoms with Crippen molar-refractivity contribution < 1.29 is 4.79 Å². The summed E-state index contributed by atoms with van der Waals surface area (Å²) in [5.74, 6) is 0.0865. The Labute approximate surface area is 194 Å². The van der Waals surface area contributed by atoms with Gasteiger partial charge in [-0.05, 0) is 57.1 Å². The van der Waals surface area contributed by atoms with Gasteiger partial charge in [-0.15, -0.1) is 5.10 Å². The first-order valence-corrected chi connectivity index (χ1v) is 11.0. The van der Waals surface area contributed by atoms with Crippen LogP contribution in [0.5, 0.6) is 0 Å². The standard InChI is InChI=1S/C22H23BrN8O/c1-13(2)21-28-29-30-31(21)17-8-15(20(24)32)9-22(10-17,19-5-4-16(23)11-27-19)14(3)18-12-25-6-7-26-18/h4-8,10-14H,9H2,1-3H3,(H2,24,32). The van der Waals surface area contributed by atoms with Crippen molar-refractivity contribution in [3.63, 3.8) is 0 Å². The molecule has 0 spiro atoms. The highest BCUT2D eigenvalue weighted by atomic mass is 79.9. The number of pyridine rings is 1. The lowest BCUT2D eigenvalue weighted by Gasteiger charge is -2.39. The maximum absolute atomic E-state index is 12.4. The number of carbonyl (C=O) groups excluding carboxylic acids is 1. The smallest absolute Gasteiger partial charge is 0.244 e. The molecule has 0 saturated carbocycles. The van der Waals surface area contributed by atoms with Crippen LogP contribution in [0.3, 0.4) is 0 Å². The second-order valence-corrected chi connectivity index (χ2v) is 9.05. The van der Waals surface area contributed by atoms with Crippen LogP contribution in [0.1, 0.15) is 56.2 Å². The lowest BCUT2D eigenvalue weighted by molar-refractivity contribution is -0.114. The third-order valence-electron chi connectivity index (χ3n) is 5.79. The van der Waals surface area contributed by atoms with Crippen LogP contribution in [0, 0.1) is 0 Å². The molecule has 0 fully saturated rings. The average molecular weight is 495 g/mol. The van der Waals surface area contributed by atoms with Gasteiger partial charge >= 0.3 is 0 Å². The Kier molecular flexibility index (Phi) is 5.96. The zero-order valence-corrected chi connectivity index (χ0v) is 19.6. The summed E-state index contributed by atoms with van der Waals surface area (Å²) in [6, 6.07) is 3.87. The highest BCUT2D eigenvalue weighted by molar-refractivity contribution is 9.10. The fourth-order valence-corrected chi connectivity index (χ4v) is 4.27. The molecular formula is C22H23BrN8O. The molecule has 1 aliphatic rings. The summed E-state index contributed by atoms with van der Waals surface area (Å²) in [6.07, 6.45) is 10.9. The molecule has 3 heterocycles. The van der Waals surface area contributed by atoms with Gasteiger partial charge in [-0.2, -0.15) is 4.68 Å². The van der Waals surface area contributed by atoms with Crippen molar-refractivity contribution in [2.45, 2.75) is 44.4 Å². The van der Waals surface area contributed by atoms with E-state index in [4.69, 9.17) is 10.7 Å². The summed E-state index contributed by atoms with van der Waals surface area (Å²) in [5, 5.41) is 12.2. The number of allylic oxidation sites excluding steroid dienone is 3. The molecule has 9 nitrogen and oxygen atoms in total. The molecule has 0 saturated heterocycles. The summed E-state index contributed by atoms with van der Waals surface area (Å²) in [7, 11) is 0. The van der Waals surface area contributed by atoms with Crippen molar-refractivity contribution in [2.24, 2.45) is 5.73 Å². The van der Waals surface area contributed by atoms with E-state index in [1.165, 1.54) is 0 Å². The van der Waals surface area contributed by atoms with Gasteiger partial charge in [0, 0.05) is 52.1 Å². The molecule has 164 valence electrons. The van der Waals surface area contributed by atoms with Gasteiger partial charge in [-0.1, -0.05) is 20.8 Å². The van der Waals surface area contributed by atoms with Crippen molar-refractivity contribution >= 4 is 27.5 Å². The Bertz CT molecular complexity index is 1190. The second-order valence-electron chi connectivity index (χ2n) is 8.14. The number of aromatic nitrogens is 7. The maximum Gasteiger partial charge on any atom is 0.244 e. The van der Waals surface area contributed by atoms with Crippen molar-refractivity contribution in [1.29, 1.82) is 0 Å². The number of halogens is 1. The van der Waals surface area contributed by atoms with Crippen molar-refractivity contribution in [3.8, 4) is 0 Å². The van der Waals surface area contributed by atoms with E-state index in [0.29, 0.717) is 23.5 Å². The van der Waals surface area contributed by atoms with E-state index >= 15 is 0 Å². The lowest BCUT2D eigenvalue weighted by atomic mass is 9.65. The van der Waals surface area contributed by atoms with E-state index < -0.39 is 11.3 Å². The van der Waals surface area contributed by atoms with Crippen LogP contribution in [0.4, 0.5) is 0 Å². The van der Waals surface area contributed by atoms with Gasteiger partial charge in [-0.25, -0.2) is 0 Å². The van der Waals surface area contributed by atoms with Crippen molar-refractivity contribution in [3.05, 3.63) is 76.3 Å². The van der Waals surface area contributed by atoms with E-state index in [-0.39, 0.29) is 11.8 Å². The number of carbonyl (C=O) groups is 1. The van der Waals surface area contributed by atoms with Crippen LogP contribution >= 0.6 is 15.9 Å². The Hall–Kier alpha value is -3.27. The molecule has 0 radical (unpaired) electrons. The molecule has 10 heteroatoms. The molecule has 3 aromatic heterocycles. The topological polar surface area (TPSA) is 125 Å². The minimum atomic E-state index is -0.731. The van der Waals surface area contributed by atoms with E-state index in [2.05, 4.69) is 54.4 Å². The maximum atomic E-state index is 12.4. The Morgan fingerprint density at radius 1 is 1.19 bits per heavy atom. The zero-order chi connectivity index (χ0) is 22.9. The quantitative estimate of drug-likeness (QED) is 0.557. The van der Waals surface area contributed by atoms with Crippen LogP contribution in [0.25, 0.3) is 5.70 Å². The van der Waals surface area contributed by atoms with Crippen LogP contribution in [0.15, 0.2) is 59.1 Å². The summed E-state index contributed by atoms with van der Waals surface area (Å²) in [5.41, 5.74) is 7.75. The minimum Gasteiger partial charge on any atom is -0.366 e. The van der Waals surface area contributed by atoms with Crippen LogP contribution in [0.2, 0.25) is 0 Å². The van der Waals surface area contributed by atoms with Gasteiger partial charge in [0.15, 0.2) is 5.82 Å². The summed E-state index contributed by atoms with van der Waals surface area (Å²) < 4.78 is 2.51. The van der Waals surface area contributed by atoms with Gasteiger partial charge in [0.1, 0.15) is 0 Å². The summed E-state index contributed by atoms with van der Waals surface area (Å²) in [6.45, 7) is 6.07. The number of nitrogens with two attached hydrogens (primary N) is 1. The number of amides is 1. The van der Waals surface area contributed by atoms with Gasteiger partial charge < -0.3 is 5.73 Å². The van der Waals surface area contributed by atoms with Crippen LogP contribution in [-0.4, -0.2) is 41.1 Å². The molecular weight excluding hydrogens is 472 g/mol. The molecule has 2 N–H and O–H groups in total. The highest BCUT2D eigenvalue weighted by Gasteiger charge is 2.43. The molecule has 1 amide bonds. The Morgan fingerprint density at radius 2 is 2.00 bits per heavy atom. The predicted octanol–water partition coefficient (Wildman–Crippen LogP) is 3.14. The van der Waals surface area contributed by atoms with Crippen LogP contribution < -0.4 is 5.73 Å². The molecule has 0 aliphatic heterocycles. The van der Waals surface area contributed by atoms with E-state index in [1.54, 1.807) is 35.5 Å². The largest absolute Gasteiger partial charge is 0.366 e. The first-order chi connectivity index (χ1) is 15.3. The van der Waals surface area contributed by atoms with Gasteiger partial charge in [0.05, 0.1) is 17.1 Å².